The second-order valence-corrected chi connectivity index (χ2v) is 7.90. The van der Waals surface area contributed by atoms with Crippen molar-refractivity contribution in [2.75, 3.05) is 12.8 Å². The number of hydrogen-bond donors (Lipinski definition) is 2. The van der Waals surface area contributed by atoms with Crippen molar-refractivity contribution >= 4 is 17.4 Å². The van der Waals surface area contributed by atoms with Crippen molar-refractivity contribution in [3.63, 3.8) is 0 Å². The van der Waals surface area contributed by atoms with Crippen LogP contribution in [-0.2, 0) is 11.1 Å². The second-order valence-electron chi connectivity index (χ2n) is 7.90. The van der Waals surface area contributed by atoms with Crippen LogP contribution >= 0.6 is 0 Å². The average molecular weight is 442 g/mol. The number of methoxy groups -OCH3 is 1. The van der Waals surface area contributed by atoms with Gasteiger partial charge in [0.05, 0.1) is 25.2 Å². The summed E-state index contributed by atoms with van der Waals surface area (Å²) in [5, 5.41) is 2.94. The first-order valence-corrected chi connectivity index (χ1v) is 10.2. The van der Waals surface area contributed by atoms with Crippen molar-refractivity contribution in [3.8, 4) is 11.5 Å². The molecule has 0 fully saturated rings. The Morgan fingerprint density at radius 3 is 2.55 bits per heavy atom. The van der Waals surface area contributed by atoms with E-state index in [0.717, 1.165) is 0 Å². The van der Waals surface area contributed by atoms with Gasteiger partial charge in [-0.1, -0.05) is 12.1 Å². The summed E-state index contributed by atoms with van der Waals surface area (Å²) in [7, 11) is 1.54. The zero-order valence-corrected chi connectivity index (χ0v) is 17.5. The summed E-state index contributed by atoms with van der Waals surface area (Å²) < 4.78 is 23.1. The fraction of sp³-hybridized carbons (Fsp3) is 0.120. The van der Waals surface area contributed by atoms with Gasteiger partial charge in [-0.3, -0.25) is 9.59 Å². The molecular formula is C25H18N2O6. The Morgan fingerprint density at radius 1 is 1.00 bits per heavy atom. The van der Waals surface area contributed by atoms with Crippen LogP contribution < -0.4 is 20.5 Å². The number of amides is 1. The highest BCUT2D eigenvalue weighted by Crippen LogP contribution is 2.63. The van der Waals surface area contributed by atoms with Gasteiger partial charge < -0.3 is 29.4 Å². The Balaban J connectivity index is 1.70. The first-order valence-electron chi connectivity index (χ1n) is 10.2. The minimum Gasteiger partial charge on any atom is -0.497 e. The third-order valence-electron chi connectivity index (χ3n) is 6.34. The van der Waals surface area contributed by atoms with Gasteiger partial charge in [-0.2, -0.15) is 0 Å². The molecule has 164 valence electrons. The fourth-order valence-corrected chi connectivity index (χ4v) is 5.00. The zero-order chi connectivity index (χ0) is 22.8. The average Bonchev–Trinajstić information content (AvgIpc) is 3.60. The monoisotopic (exact) mass is 442 g/mol. The number of nitrogens with two attached hydrogens (primary N) is 1. The van der Waals surface area contributed by atoms with Gasteiger partial charge in [-0.05, 0) is 42.5 Å². The van der Waals surface area contributed by atoms with E-state index in [9.17, 15) is 9.59 Å². The Hall–Kier alpha value is -4.46. The van der Waals surface area contributed by atoms with E-state index >= 15 is 0 Å². The fourth-order valence-electron chi connectivity index (χ4n) is 5.00. The molecule has 3 heterocycles. The number of fused-ring (bicyclic) bond motifs is 5. The quantitative estimate of drug-likeness (QED) is 0.464. The van der Waals surface area contributed by atoms with E-state index in [1.807, 2.05) is 0 Å². The number of nitrogens with one attached hydrogen (secondary N) is 1. The van der Waals surface area contributed by atoms with Crippen LogP contribution in [0.2, 0.25) is 0 Å². The zero-order valence-electron chi connectivity index (χ0n) is 17.5. The normalized spacial score (nSPS) is 22.3. The van der Waals surface area contributed by atoms with E-state index in [1.165, 1.54) is 25.7 Å². The smallest absolute Gasteiger partial charge is 0.288 e. The molecule has 0 saturated heterocycles. The van der Waals surface area contributed by atoms with Crippen LogP contribution in [0.15, 0.2) is 82.0 Å². The van der Waals surface area contributed by atoms with Gasteiger partial charge in [0.1, 0.15) is 11.5 Å². The lowest BCUT2D eigenvalue weighted by Crippen LogP contribution is -2.60. The lowest BCUT2D eigenvalue weighted by molar-refractivity contribution is 0.0243. The number of nitrogen functional groups attached to an aromatic ring is 1. The number of ketones is 1. The van der Waals surface area contributed by atoms with Gasteiger partial charge in [-0.15, -0.1) is 0 Å². The number of Topliss-reactive ketones (excluding diaryl/α,β-unsaturated/α-hetero) is 1. The molecule has 2 aromatic heterocycles. The SMILES string of the molecule is COc1ccc2c(c1)OC1(c3ccco3)c3cccc(N)c3C(=O)C21NC(=O)c1ccco1. The summed E-state index contributed by atoms with van der Waals surface area (Å²) >= 11 is 0. The Morgan fingerprint density at radius 2 is 1.82 bits per heavy atom. The van der Waals surface area contributed by atoms with Gasteiger partial charge >= 0.3 is 0 Å². The number of ether oxygens (including phenoxy) is 2. The Kier molecular flexibility index (Phi) is 3.80. The molecule has 8 nitrogen and oxygen atoms in total. The number of carbonyl (C=O) groups is 2. The molecule has 1 aliphatic carbocycles. The van der Waals surface area contributed by atoms with Gasteiger partial charge in [0, 0.05) is 22.9 Å². The van der Waals surface area contributed by atoms with E-state index in [1.54, 1.807) is 54.6 Å². The van der Waals surface area contributed by atoms with Crippen molar-refractivity contribution < 1.29 is 27.9 Å². The number of hydrogen-bond acceptors (Lipinski definition) is 7. The van der Waals surface area contributed by atoms with Gasteiger partial charge in [0.25, 0.3) is 5.91 Å². The predicted molar refractivity (Wildman–Crippen MR) is 116 cm³/mol. The van der Waals surface area contributed by atoms with Gasteiger partial charge in [0.2, 0.25) is 11.4 Å². The predicted octanol–water partition coefficient (Wildman–Crippen LogP) is 3.62. The molecule has 1 amide bonds. The summed E-state index contributed by atoms with van der Waals surface area (Å²) in [6.45, 7) is 0. The molecule has 0 radical (unpaired) electrons. The van der Waals surface area contributed by atoms with Crippen LogP contribution in [0.4, 0.5) is 5.69 Å². The first kappa shape index (κ1) is 19.2. The number of carbonyl (C=O) groups excluding carboxylic acids is 2. The highest BCUT2D eigenvalue weighted by Gasteiger charge is 2.74. The van der Waals surface area contributed by atoms with Crippen LogP contribution in [-0.4, -0.2) is 18.8 Å². The molecule has 33 heavy (non-hydrogen) atoms. The van der Waals surface area contributed by atoms with Gasteiger partial charge in [-0.25, -0.2) is 0 Å². The van der Waals surface area contributed by atoms with Crippen LogP contribution in [0, 0.1) is 0 Å². The highest BCUT2D eigenvalue weighted by molar-refractivity contribution is 6.16. The van der Waals surface area contributed by atoms with Crippen molar-refractivity contribution in [3.05, 3.63) is 101 Å². The molecule has 4 aromatic rings. The second kappa shape index (κ2) is 6.52. The lowest BCUT2D eigenvalue weighted by Gasteiger charge is -2.37. The number of anilines is 1. The van der Waals surface area contributed by atoms with E-state index in [4.69, 9.17) is 24.0 Å². The Labute approximate surface area is 187 Å². The maximum atomic E-state index is 14.3. The molecule has 0 saturated carbocycles. The molecule has 2 aliphatic rings. The van der Waals surface area contributed by atoms with E-state index in [2.05, 4.69) is 5.32 Å². The van der Waals surface area contributed by atoms with Crippen molar-refractivity contribution in [2.45, 2.75) is 11.1 Å². The van der Waals surface area contributed by atoms with E-state index < -0.39 is 22.8 Å². The summed E-state index contributed by atoms with van der Waals surface area (Å²) in [4.78, 5) is 27.6. The van der Waals surface area contributed by atoms with Crippen molar-refractivity contribution in [1.82, 2.24) is 5.32 Å². The summed E-state index contributed by atoms with van der Waals surface area (Å²) in [6, 6.07) is 16.8. The molecule has 2 atom stereocenters. The lowest BCUT2D eigenvalue weighted by atomic mass is 9.74. The summed E-state index contributed by atoms with van der Waals surface area (Å²) in [5.41, 5.74) is 4.55. The van der Waals surface area contributed by atoms with Crippen molar-refractivity contribution in [1.29, 1.82) is 0 Å². The molecule has 0 bridgehead atoms. The number of furan rings is 2. The largest absolute Gasteiger partial charge is 0.497 e. The molecule has 8 heteroatoms. The highest BCUT2D eigenvalue weighted by atomic mass is 16.5. The number of rotatable bonds is 4. The molecule has 0 spiro atoms. The van der Waals surface area contributed by atoms with Crippen LogP contribution in [0.3, 0.4) is 0 Å². The first-order chi connectivity index (χ1) is 16.0. The minimum atomic E-state index is -1.70. The van der Waals surface area contributed by atoms with Gasteiger partial charge in [0.15, 0.2) is 17.1 Å². The molecule has 3 N–H and O–H groups in total. The maximum Gasteiger partial charge on any atom is 0.288 e. The number of benzene rings is 2. The molecule has 1 aliphatic heterocycles. The van der Waals surface area contributed by atoms with E-state index in [-0.39, 0.29) is 17.0 Å². The molecule has 2 aromatic carbocycles. The van der Waals surface area contributed by atoms with E-state index in [0.29, 0.717) is 28.4 Å². The van der Waals surface area contributed by atoms with Crippen LogP contribution in [0.25, 0.3) is 0 Å². The van der Waals surface area contributed by atoms with Crippen molar-refractivity contribution in [2.24, 2.45) is 0 Å². The molecule has 6 rings (SSSR count). The van der Waals surface area contributed by atoms with Crippen LogP contribution in [0.5, 0.6) is 11.5 Å². The molecular weight excluding hydrogens is 424 g/mol. The Bertz CT molecular complexity index is 1410. The maximum absolute atomic E-state index is 14.3. The topological polar surface area (TPSA) is 117 Å². The summed E-state index contributed by atoms with van der Waals surface area (Å²) in [6.07, 6.45) is 2.88. The third-order valence-corrected chi connectivity index (χ3v) is 6.34. The minimum absolute atomic E-state index is 0.0522. The molecule has 2 unspecified atom stereocenters. The van der Waals surface area contributed by atoms with Crippen LogP contribution in [0.1, 0.15) is 37.8 Å². The standard InChI is InChI=1S/C25H18N2O6/c1-30-14-9-10-15-19(13-14)33-25(20-8-4-12-32-20)16-5-2-6-17(26)21(16)22(28)24(15,25)27-23(29)18-7-3-11-31-18/h2-13H,26H2,1H3,(H,27,29). The summed E-state index contributed by atoms with van der Waals surface area (Å²) in [5.74, 6) is 0.327. The third kappa shape index (κ3) is 2.24.